The fourth-order valence-corrected chi connectivity index (χ4v) is 3.48. The summed E-state index contributed by atoms with van der Waals surface area (Å²) in [6.45, 7) is 7.48. The monoisotopic (exact) mass is 291 g/mol. The van der Waals surface area contributed by atoms with E-state index in [0.29, 0.717) is 19.1 Å². The maximum absolute atomic E-state index is 12.8. The number of hydrogen-bond donors (Lipinski definition) is 1. The molecule has 0 radical (unpaired) electrons. The molecule has 2 fully saturated rings. The first-order valence-electron chi connectivity index (χ1n) is 7.97. The Bertz CT molecular complexity index is 483. The van der Waals surface area contributed by atoms with Crippen LogP contribution >= 0.6 is 0 Å². The minimum absolute atomic E-state index is 0.111. The van der Waals surface area contributed by atoms with E-state index in [2.05, 4.69) is 16.1 Å². The van der Waals surface area contributed by atoms with Crippen molar-refractivity contribution in [1.29, 1.82) is 0 Å². The van der Waals surface area contributed by atoms with Crippen LogP contribution < -0.4 is 5.32 Å². The SMILES string of the molecule is CC1CN(C(=O)c2cccn2C2CCNCC2)CC(C)O1. The van der Waals surface area contributed by atoms with Crippen molar-refractivity contribution >= 4 is 5.91 Å². The Morgan fingerprint density at radius 2 is 1.90 bits per heavy atom. The number of hydrogen-bond acceptors (Lipinski definition) is 3. The fraction of sp³-hybridized carbons (Fsp3) is 0.688. The van der Waals surface area contributed by atoms with Gasteiger partial charge in [-0.05, 0) is 51.9 Å². The smallest absolute Gasteiger partial charge is 0.270 e. The zero-order chi connectivity index (χ0) is 14.8. The van der Waals surface area contributed by atoms with Crippen molar-refractivity contribution in [3.8, 4) is 0 Å². The van der Waals surface area contributed by atoms with E-state index >= 15 is 0 Å². The minimum Gasteiger partial charge on any atom is -0.372 e. The normalized spacial score (nSPS) is 27.8. The van der Waals surface area contributed by atoms with Crippen molar-refractivity contribution in [1.82, 2.24) is 14.8 Å². The van der Waals surface area contributed by atoms with Gasteiger partial charge in [-0.15, -0.1) is 0 Å². The highest BCUT2D eigenvalue weighted by molar-refractivity contribution is 5.93. The van der Waals surface area contributed by atoms with E-state index in [0.717, 1.165) is 31.6 Å². The molecule has 1 amide bonds. The third-order valence-electron chi connectivity index (χ3n) is 4.41. The molecular weight excluding hydrogens is 266 g/mol. The topological polar surface area (TPSA) is 46.5 Å². The summed E-state index contributed by atoms with van der Waals surface area (Å²) in [6.07, 6.45) is 4.45. The van der Waals surface area contributed by atoms with E-state index in [-0.39, 0.29) is 18.1 Å². The number of carbonyl (C=O) groups is 1. The van der Waals surface area contributed by atoms with E-state index < -0.39 is 0 Å². The number of rotatable bonds is 2. The lowest BCUT2D eigenvalue weighted by molar-refractivity contribution is -0.0588. The van der Waals surface area contributed by atoms with Crippen LogP contribution in [0.1, 0.15) is 43.2 Å². The van der Waals surface area contributed by atoms with Gasteiger partial charge in [-0.3, -0.25) is 4.79 Å². The van der Waals surface area contributed by atoms with Crippen LogP contribution in [0.2, 0.25) is 0 Å². The molecule has 1 aromatic heterocycles. The molecule has 116 valence electrons. The third kappa shape index (κ3) is 3.14. The summed E-state index contributed by atoms with van der Waals surface area (Å²) >= 11 is 0. The molecular formula is C16H25N3O2. The van der Waals surface area contributed by atoms with Crippen LogP contribution in [0, 0.1) is 0 Å². The fourth-order valence-electron chi connectivity index (χ4n) is 3.48. The maximum atomic E-state index is 12.8. The molecule has 5 heteroatoms. The van der Waals surface area contributed by atoms with Gasteiger partial charge in [-0.2, -0.15) is 0 Å². The second-order valence-corrected chi connectivity index (χ2v) is 6.25. The predicted molar refractivity (Wildman–Crippen MR) is 81.5 cm³/mol. The largest absolute Gasteiger partial charge is 0.372 e. The molecule has 2 atom stereocenters. The number of ether oxygens (including phenoxy) is 1. The first-order valence-corrected chi connectivity index (χ1v) is 7.97. The Balaban J connectivity index is 1.77. The number of nitrogens with one attached hydrogen (secondary N) is 1. The average molecular weight is 291 g/mol. The quantitative estimate of drug-likeness (QED) is 0.901. The minimum atomic E-state index is 0.111. The average Bonchev–Trinajstić information content (AvgIpc) is 2.95. The van der Waals surface area contributed by atoms with E-state index in [4.69, 9.17) is 4.74 Å². The lowest BCUT2D eigenvalue weighted by atomic mass is 10.1. The van der Waals surface area contributed by atoms with Crippen LogP contribution in [0.25, 0.3) is 0 Å². The van der Waals surface area contributed by atoms with Gasteiger partial charge >= 0.3 is 0 Å². The Morgan fingerprint density at radius 3 is 2.57 bits per heavy atom. The number of carbonyl (C=O) groups excluding carboxylic acids is 1. The van der Waals surface area contributed by atoms with Gasteiger partial charge in [0.1, 0.15) is 5.69 Å². The molecule has 0 spiro atoms. The highest BCUT2D eigenvalue weighted by atomic mass is 16.5. The van der Waals surface area contributed by atoms with Gasteiger partial charge in [0.2, 0.25) is 0 Å². The lowest BCUT2D eigenvalue weighted by Gasteiger charge is -2.36. The van der Waals surface area contributed by atoms with Crippen molar-refractivity contribution < 1.29 is 9.53 Å². The number of amides is 1. The number of aromatic nitrogens is 1. The van der Waals surface area contributed by atoms with Gasteiger partial charge in [0.15, 0.2) is 0 Å². The summed E-state index contributed by atoms with van der Waals surface area (Å²) < 4.78 is 7.90. The molecule has 3 heterocycles. The standard InChI is InChI=1S/C16H25N3O2/c1-12-10-18(11-13(2)21-12)16(20)15-4-3-9-19(15)14-5-7-17-8-6-14/h3-4,9,12-14,17H,5-8,10-11H2,1-2H3. The third-order valence-corrected chi connectivity index (χ3v) is 4.41. The second kappa shape index (κ2) is 6.20. The van der Waals surface area contributed by atoms with Crippen LogP contribution in [0.4, 0.5) is 0 Å². The summed E-state index contributed by atoms with van der Waals surface area (Å²) in [5, 5.41) is 3.38. The first-order chi connectivity index (χ1) is 10.1. The van der Waals surface area contributed by atoms with Crippen molar-refractivity contribution in [2.45, 2.75) is 44.9 Å². The Morgan fingerprint density at radius 1 is 1.24 bits per heavy atom. The van der Waals surface area contributed by atoms with Gasteiger partial charge in [0.25, 0.3) is 5.91 Å². The number of morpholine rings is 1. The molecule has 2 aliphatic heterocycles. The van der Waals surface area contributed by atoms with Gasteiger partial charge in [0.05, 0.1) is 12.2 Å². The van der Waals surface area contributed by atoms with Crippen molar-refractivity contribution in [3.63, 3.8) is 0 Å². The van der Waals surface area contributed by atoms with Crippen LogP contribution in [0.5, 0.6) is 0 Å². The van der Waals surface area contributed by atoms with Crippen LogP contribution in [0.3, 0.4) is 0 Å². The molecule has 0 aromatic carbocycles. The summed E-state index contributed by atoms with van der Waals surface area (Å²) in [7, 11) is 0. The molecule has 0 saturated carbocycles. The van der Waals surface area contributed by atoms with Crippen LogP contribution in [0.15, 0.2) is 18.3 Å². The molecule has 21 heavy (non-hydrogen) atoms. The van der Waals surface area contributed by atoms with Gasteiger partial charge in [0, 0.05) is 25.3 Å². The van der Waals surface area contributed by atoms with Crippen molar-refractivity contribution in [2.75, 3.05) is 26.2 Å². The molecule has 2 unspecified atom stereocenters. The Labute approximate surface area is 126 Å². The van der Waals surface area contributed by atoms with Crippen molar-refractivity contribution in [3.05, 3.63) is 24.0 Å². The lowest BCUT2D eigenvalue weighted by Crippen LogP contribution is -2.48. The highest BCUT2D eigenvalue weighted by Crippen LogP contribution is 2.23. The molecule has 0 aliphatic carbocycles. The van der Waals surface area contributed by atoms with E-state index in [1.807, 2.05) is 30.9 Å². The van der Waals surface area contributed by atoms with E-state index in [1.165, 1.54) is 0 Å². The predicted octanol–water partition coefficient (Wildman–Crippen LogP) is 1.66. The van der Waals surface area contributed by atoms with Gasteiger partial charge in [-0.1, -0.05) is 0 Å². The molecule has 1 aromatic rings. The molecule has 2 aliphatic rings. The number of piperidine rings is 1. The van der Waals surface area contributed by atoms with Gasteiger partial charge < -0.3 is 19.5 Å². The second-order valence-electron chi connectivity index (χ2n) is 6.25. The summed E-state index contributed by atoms with van der Waals surface area (Å²) in [5.41, 5.74) is 0.822. The maximum Gasteiger partial charge on any atom is 0.270 e. The molecule has 0 bridgehead atoms. The zero-order valence-electron chi connectivity index (χ0n) is 12.9. The van der Waals surface area contributed by atoms with E-state index in [9.17, 15) is 4.79 Å². The summed E-state index contributed by atoms with van der Waals surface area (Å²) in [4.78, 5) is 14.8. The van der Waals surface area contributed by atoms with Crippen LogP contribution in [-0.4, -0.2) is 53.8 Å². The molecule has 1 N–H and O–H groups in total. The van der Waals surface area contributed by atoms with Gasteiger partial charge in [-0.25, -0.2) is 0 Å². The van der Waals surface area contributed by atoms with E-state index in [1.54, 1.807) is 0 Å². The molecule has 2 saturated heterocycles. The molecule has 3 rings (SSSR count). The van der Waals surface area contributed by atoms with Crippen molar-refractivity contribution in [2.24, 2.45) is 0 Å². The Kier molecular flexibility index (Phi) is 4.31. The highest BCUT2D eigenvalue weighted by Gasteiger charge is 2.29. The van der Waals surface area contributed by atoms with Crippen LogP contribution in [-0.2, 0) is 4.74 Å². The number of nitrogens with zero attached hydrogens (tertiary/aromatic N) is 2. The zero-order valence-corrected chi connectivity index (χ0v) is 12.9. The molecule has 5 nitrogen and oxygen atoms in total. The summed E-state index contributed by atoms with van der Waals surface area (Å²) in [5.74, 6) is 0.139. The first kappa shape index (κ1) is 14.6. The Hall–Kier alpha value is -1.33. The summed E-state index contributed by atoms with van der Waals surface area (Å²) in [6, 6.07) is 4.38.